The van der Waals surface area contributed by atoms with Gasteiger partial charge in [0, 0.05) is 22.1 Å². The molecule has 0 radical (unpaired) electrons. The topological polar surface area (TPSA) is 88.1 Å². The highest BCUT2D eigenvalue weighted by Gasteiger charge is 2.33. The zero-order valence-corrected chi connectivity index (χ0v) is 26.1. The second-order valence-electron chi connectivity index (χ2n) is 12.5. The fraction of sp³-hybridized carbons (Fsp3) is 0.441. The third-order valence-electron chi connectivity index (χ3n) is 6.26. The zero-order chi connectivity index (χ0) is 31.2. The lowest BCUT2D eigenvalue weighted by molar-refractivity contribution is -0.143. The van der Waals surface area contributed by atoms with Gasteiger partial charge in [-0.05, 0) is 90.4 Å². The van der Waals surface area contributed by atoms with Crippen molar-refractivity contribution in [2.24, 2.45) is 10.8 Å². The highest BCUT2D eigenvalue weighted by Crippen LogP contribution is 2.48. The van der Waals surface area contributed by atoms with E-state index in [0.717, 1.165) is 6.42 Å². The minimum Gasteiger partial charge on any atom is -0.490 e. The van der Waals surface area contributed by atoms with Crippen LogP contribution in [0.2, 0.25) is 0 Å². The van der Waals surface area contributed by atoms with Crippen LogP contribution in [0.1, 0.15) is 90.2 Å². The monoisotopic (exact) mass is 564 g/mol. The minimum absolute atomic E-state index is 0.257. The second-order valence-corrected chi connectivity index (χ2v) is 12.5. The van der Waals surface area contributed by atoms with Gasteiger partial charge in [-0.1, -0.05) is 26.8 Å². The van der Waals surface area contributed by atoms with Crippen molar-refractivity contribution in [1.82, 2.24) is 0 Å². The summed E-state index contributed by atoms with van der Waals surface area (Å²) < 4.78 is 23.2. The average molecular weight is 565 g/mol. The number of ketones is 1. The number of esters is 2. The molecule has 0 heterocycles. The van der Waals surface area contributed by atoms with Gasteiger partial charge in [0.1, 0.15) is 5.75 Å². The summed E-state index contributed by atoms with van der Waals surface area (Å²) >= 11 is 0. The first kappa shape index (κ1) is 33.3. The molecule has 0 atom stereocenters. The van der Waals surface area contributed by atoms with Crippen molar-refractivity contribution < 1.29 is 33.3 Å². The van der Waals surface area contributed by atoms with E-state index >= 15 is 0 Å². The normalized spacial score (nSPS) is 12.1. The van der Waals surface area contributed by atoms with Crippen LogP contribution in [-0.4, -0.2) is 31.4 Å². The van der Waals surface area contributed by atoms with E-state index < -0.39 is 22.2 Å². The van der Waals surface area contributed by atoms with Crippen molar-refractivity contribution in [3.63, 3.8) is 0 Å². The number of ether oxygens (including phenoxy) is 4. The van der Waals surface area contributed by atoms with E-state index in [4.69, 9.17) is 18.9 Å². The summed E-state index contributed by atoms with van der Waals surface area (Å²) in [6.45, 7) is 20.9. The third-order valence-corrected chi connectivity index (χ3v) is 6.26. The number of methoxy groups -OCH3 is 1. The molecule has 7 heteroatoms. The molecule has 2 aromatic carbocycles. The summed E-state index contributed by atoms with van der Waals surface area (Å²) in [6, 6.07) is 8.22. The van der Waals surface area contributed by atoms with Crippen molar-refractivity contribution in [3.8, 4) is 23.0 Å². The lowest BCUT2D eigenvalue weighted by Crippen LogP contribution is -2.27. The van der Waals surface area contributed by atoms with Gasteiger partial charge >= 0.3 is 11.9 Å². The summed E-state index contributed by atoms with van der Waals surface area (Å²) in [5.74, 6) is 0.207. The Labute approximate surface area is 244 Å². The molecular weight excluding hydrogens is 520 g/mol. The molecule has 0 N–H and O–H groups in total. The molecule has 2 aromatic rings. The number of carbonyl (C=O) groups excluding carboxylic acids is 3. The Kier molecular flexibility index (Phi) is 10.7. The van der Waals surface area contributed by atoms with Crippen LogP contribution in [0.15, 0.2) is 49.1 Å². The Morgan fingerprint density at radius 3 is 1.88 bits per heavy atom. The van der Waals surface area contributed by atoms with E-state index in [9.17, 15) is 14.4 Å². The fourth-order valence-electron chi connectivity index (χ4n) is 3.45. The van der Waals surface area contributed by atoms with Crippen LogP contribution in [0.25, 0.3) is 6.08 Å². The molecule has 0 saturated heterocycles. The van der Waals surface area contributed by atoms with Crippen molar-refractivity contribution >= 4 is 23.8 Å². The Hall–Kier alpha value is -3.87. The van der Waals surface area contributed by atoms with Gasteiger partial charge in [0.05, 0.1) is 24.5 Å². The molecule has 2 rings (SSSR count). The van der Waals surface area contributed by atoms with E-state index in [1.165, 1.54) is 13.2 Å². The first-order chi connectivity index (χ1) is 19.0. The number of hydrogen-bond acceptors (Lipinski definition) is 7. The average Bonchev–Trinajstić information content (AvgIpc) is 2.89. The molecule has 0 fully saturated rings. The Bertz CT molecular complexity index is 1300. The molecule has 222 valence electrons. The first-order valence-electron chi connectivity index (χ1n) is 13.7. The van der Waals surface area contributed by atoms with Gasteiger partial charge in [0.25, 0.3) is 0 Å². The van der Waals surface area contributed by atoms with Gasteiger partial charge in [-0.25, -0.2) is 0 Å². The number of benzene rings is 2. The predicted molar refractivity (Wildman–Crippen MR) is 162 cm³/mol. The molecule has 0 aliphatic rings. The molecule has 0 aliphatic carbocycles. The predicted octanol–water partition coefficient (Wildman–Crippen LogP) is 7.75. The van der Waals surface area contributed by atoms with E-state index in [1.54, 1.807) is 78.0 Å². The zero-order valence-electron chi connectivity index (χ0n) is 26.1. The summed E-state index contributed by atoms with van der Waals surface area (Å²) in [4.78, 5) is 38.2. The van der Waals surface area contributed by atoms with Crippen molar-refractivity contribution in [3.05, 3.63) is 65.8 Å². The van der Waals surface area contributed by atoms with Gasteiger partial charge < -0.3 is 18.9 Å². The Morgan fingerprint density at radius 1 is 0.829 bits per heavy atom. The molecule has 0 bridgehead atoms. The smallest absolute Gasteiger partial charge is 0.316 e. The van der Waals surface area contributed by atoms with Crippen LogP contribution in [0.4, 0.5) is 0 Å². The van der Waals surface area contributed by atoms with Gasteiger partial charge in [-0.15, -0.1) is 6.58 Å². The molecule has 0 saturated carbocycles. The largest absolute Gasteiger partial charge is 0.490 e. The number of allylic oxidation sites excluding steroid dienone is 2. The van der Waals surface area contributed by atoms with Crippen LogP contribution in [0.3, 0.4) is 0 Å². The van der Waals surface area contributed by atoms with E-state index in [1.807, 2.05) is 26.8 Å². The molecule has 0 amide bonds. The number of carbonyl (C=O) groups is 3. The lowest BCUT2D eigenvalue weighted by atomic mass is 9.82. The first-order valence-corrected chi connectivity index (χ1v) is 13.7. The van der Waals surface area contributed by atoms with Gasteiger partial charge in [0.2, 0.25) is 5.75 Å². The number of hydrogen-bond donors (Lipinski definition) is 0. The molecular formula is C34H44O7. The summed E-state index contributed by atoms with van der Waals surface area (Å²) in [5, 5.41) is 0. The highest BCUT2D eigenvalue weighted by atomic mass is 16.6. The quantitative estimate of drug-likeness (QED) is 0.0906. The Morgan fingerprint density at radius 2 is 1.39 bits per heavy atom. The third kappa shape index (κ3) is 8.56. The maximum atomic E-state index is 13.1. The second kappa shape index (κ2) is 13.2. The Balaban J connectivity index is 2.58. The van der Waals surface area contributed by atoms with Crippen LogP contribution in [-0.2, 0) is 15.0 Å². The SMILES string of the molecule is C=CC(C)(C)c1cc(C=CC(=O)c2ccc(OC(=O)C(C)(C)C)cc2)c(OCCC)c(OC)c1OC(=O)C(C)(C)C. The van der Waals surface area contributed by atoms with Crippen LogP contribution in [0, 0.1) is 10.8 Å². The van der Waals surface area contributed by atoms with Gasteiger partial charge in [0.15, 0.2) is 17.3 Å². The van der Waals surface area contributed by atoms with Crippen molar-refractivity contribution in [1.29, 1.82) is 0 Å². The highest BCUT2D eigenvalue weighted by molar-refractivity contribution is 6.07. The summed E-state index contributed by atoms with van der Waals surface area (Å²) in [5.41, 5.74) is -0.353. The molecule has 7 nitrogen and oxygen atoms in total. The van der Waals surface area contributed by atoms with E-state index in [2.05, 4.69) is 6.58 Å². The fourth-order valence-corrected chi connectivity index (χ4v) is 3.45. The maximum Gasteiger partial charge on any atom is 0.316 e. The van der Waals surface area contributed by atoms with Crippen molar-refractivity contribution in [2.45, 2.75) is 74.1 Å². The molecule has 0 unspecified atom stereocenters. The lowest BCUT2D eigenvalue weighted by Gasteiger charge is -2.28. The summed E-state index contributed by atoms with van der Waals surface area (Å²) in [7, 11) is 1.49. The van der Waals surface area contributed by atoms with Crippen molar-refractivity contribution in [2.75, 3.05) is 13.7 Å². The molecule has 0 aliphatic heterocycles. The van der Waals surface area contributed by atoms with Gasteiger partial charge in [-0.3, -0.25) is 14.4 Å². The van der Waals surface area contributed by atoms with Gasteiger partial charge in [-0.2, -0.15) is 0 Å². The maximum absolute atomic E-state index is 13.1. The van der Waals surface area contributed by atoms with Crippen LogP contribution < -0.4 is 18.9 Å². The molecule has 41 heavy (non-hydrogen) atoms. The van der Waals surface area contributed by atoms with E-state index in [-0.39, 0.29) is 23.3 Å². The number of rotatable bonds is 11. The standard InChI is InChI=1S/C34H44O7/c1-12-20-39-27-23(16-19-26(35)22-14-17-24(18-15-22)40-30(36)32(3,4)5)21-25(34(9,10)13-2)28(29(27)38-11)41-31(37)33(6,7)8/h13-19,21H,2,12,20H2,1,3-11H3. The molecule has 0 spiro atoms. The van der Waals surface area contributed by atoms with Crippen LogP contribution in [0.5, 0.6) is 23.0 Å². The van der Waals surface area contributed by atoms with E-state index in [0.29, 0.717) is 34.8 Å². The summed E-state index contributed by atoms with van der Waals surface area (Å²) in [6.07, 6.45) is 5.58. The molecule has 0 aromatic heterocycles. The minimum atomic E-state index is -0.753. The van der Waals surface area contributed by atoms with Crippen LogP contribution >= 0.6 is 0 Å².